The summed E-state index contributed by atoms with van der Waals surface area (Å²) in [5.74, 6) is -1.50. The molecule has 0 aromatic rings. The molecule has 0 aliphatic heterocycles. The quantitative estimate of drug-likeness (QED) is 0.447. The third kappa shape index (κ3) is 10.5. The number of hydrogen-bond acceptors (Lipinski definition) is 4. The molecule has 0 aromatic heterocycles. The predicted molar refractivity (Wildman–Crippen MR) is 71.8 cm³/mol. The number of aliphatic hydroxyl groups is 1. The van der Waals surface area contributed by atoms with E-state index >= 15 is 0 Å². The first-order valence-electron chi connectivity index (χ1n) is 7.08. The molecule has 2 N–H and O–H groups in total. The Kier molecular flexibility index (Phi) is 10.2. The van der Waals surface area contributed by atoms with Crippen LogP contribution in [0.25, 0.3) is 0 Å². The highest BCUT2D eigenvalue weighted by Crippen LogP contribution is 2.11. The lowest BCUT2D eigenvalue weighted by Crippen LogP contribution is -2.23. The molecule has 0 aliphatic rings. The fourth-order valence-corrected chi connectivity index (χ4v) is 1.80. The van der Waals surface area contributed by atoms with Crippen LogP contribution >= 0.6 is 0 Å². The Bertz CT molecular complexity index is 265. The maximum absolute atomic E-state index is 11.5. The molecule has 112 valence electrons. The van der Waals surface area contributed by atoms with E-state index in [1.54, 1.807) is 6.92 Å². The largest absolute Gasteiger partial charge is 0.481 e. The minimum atomic E-state index is -0.986. The van der Waals surface area contributed by atoms with E-state index in [1.807, 2.05) is 0 Å². The molecule has 0 rings (SSSR count). The van der Waals surface area contributed by atoms with Gasteiger partial charge in [0.1, 0.15) is 6.10 Å². The summed E-state index contributed by atoms with van der Waals surface area (Å²) >= 11 is 0. The summed E-state index contributed by atoms with van der Waals surface area (Å²) in [6, 6.07) is 0. The number of hydrogen-bond donors (Lipinski definition) is 2. The molecule has 5 heteroatoms. The Labute approximate surface area is 115 Å². The van der Waals surface area contributed by atoms with Gasteiger partial charge in [-0.3, -0.25) is 9.59 Å². The zero-order valence-corrected chi connectivity index (χ0v) is 11.9. The van der Waals surface area contributed by atoms with E-state index in [4.69, 9.17) is 9.84 Å². The molecular formula is C14H26O5. The third-order valence-corrected chi connectivity index (χ3v) is 2.95. The maximum Gasteiger partial charge on any atom is 0.308 e. The highest BCUT2D eigenvalue weighted by molar-refractivity contribution is 5.71. The molecule has 0 amide bonds. The number of carboxylic acids is 1. The van der Waals surface area contributed by atoms with Gasteiger partial charge < -0.3 is 14.9 Å². The number of unbranched alkanes of at least 4 members (excludes halogenated alkanes) is 3. The van der Waals surface area contributed by atoms with Gasteiger partial charge in [-0.2, -0.15) is 0 Å². The van der Waals surface area contributed by atoms with E-state index in [2.05, 4.69) is 6.92 Å². The van der Waals surface area contributed by atoms with Crippen molar-refractivity contribution in [2.45, 2.75) is 77.4 Å². The van der Waals surface area contributed by atoms with Gasteiger partial charge in [0.05, 0.1) is 18.9 Å². The summed E-state index contributed by atoms with van der Waals surface area (Å²) in [5, 5.41) is 18.3. The van der Waals surface area contributed by atoms with Gasteiger partial charge in [0.25, 0.3) is 0 Å². The molecule has 2 unspecified atom stereocenters. The van der Waals surface area contributed by atoms with E-state index in [0.717, 1.165) is 25.7 Å². The van der Waals surface area contributed by atoms with Crippen LogP contribution in [0.4, 0.5) is 0 Å². The van der Waals surface area contributed by atoms with E-state index < -0.39 is 24.1 Å². The third-order valence-electron chi connectivity index (χ3n) is 2.95. The Balaban J connectivity index is 3.84. The summed E-state index contributed by atoms with van der Waals surface area (Å²) in [5.41, 5.74) is 0. The van der Waals surface area contributed by atoms with E-state index in [-0.39, 0.29) is 12.8 Å². The van der Waals surface area contributed by atoms with Crippen molar-refractivity contribution in [1.29, 1.82) is 0 Å². The number of ether oxygens (including phenoxy) is 1. The molecular weight excluding hydrogens is 248 g/mol. The summed E-state index contributed by atoms with van der Waals surface area (Å²) in [6.07, 6.45) is 3.74. The average molecular weight is 274 g/mol. The minimum Gasteiger partial charge on any atom is -0.481 e. The van der Waals surface area contributed by atoms with Crippen molar-refractivity contribution < 1.29 is 24.5 Å². The van der Waals surface area contributed by atoms with Crippen molar-refractivity contribution in [3.8, 4) is 0 Å². The Hall–Kier alpha value is -1.10. The van der Waals surface area contributed by atoms with Crippen LogP contribution in [0.3, 0.4) is 0 Å². The second-order valence-corrected chi connectivity index (χ2v) is 4.83. The molecule has 0 heterocycles. The minimum absolute atomic E-state index is 0.0533. The number of rotatable bonds is 11. The lowest BCUT2D eigenvalue weighted by molar-refractivity contribution is -0.154. The Morgan fingerprint density at radius 2 is 1.79 bits per heavy atom. The number of aliphatic hydroxyl groups excluding tert-OH is 1. The van der Waals surface area contributed by atoms with Gasteiger partial charge in [-0.05, 0) is 12.8 Å². The molecule has 0 radical (unpaired) electrons. The highest BCUT2D eigenvalue weighted by Gasteiger charge is 2.18. The summed E-state index contributed by atoms with van der Waals surface area (Å²) < 4.78 is 5.03. The molecule has 5 nitrogen and oxygen atoms in total. The standard InChI is InChI=1S/C14H26O5/c1-3-5-6-7-8-11(15)9-14(18)19-12(4-2)10-13(16)17/h11-12,15H,3-10H2,1-2H3,(H,16,17). The molecule has 19 heavy (non-hydrogen) atoms. The second-order valence-electron chi connectivity index (χ2n) is 4.83. The summed E-state index contributed by atoms with van der Waals surface area (Å²) in [7, 11) is 0. The zero-order chi connectivity index (χ0) is 14.7. The fourth-order valence-electron chi connectivity index (χ4n) is 1.80. The molecule has 0 bridgehead atoms. The lowest BCUT2D eigenvalue weighted by Gasteiger charge is -2.16. The number of carboxylic acid groups (broad SMARTS) is 1. The van der Waals surface area contributed by atoms with Crippen LogP contribution in [0.2, 0.25) is 0 Å². The van der Waals surface area contributed by atoms with Crippen LogP contribution in [0.15, 0.2) is 0 Å². The van der Waals surface area contributed by atoms with Gasteiger partial charge in [-0.1, -0.05) is 39.5 Å². The highest BCUT2D eigenvalue weighted by atomic mass is 16.5. The van der Waals surface area contributed by atoms with Crippen LogP contribution < -0.4 is 0 Å². The normalized spacial score (nSPS) is 13.8. The maximum atomic E-state index is 11.5. The topological polar surface area (TPSA) is 83.8 Å². The van der Waals surface area contributed by atoms with Gasteiger partial charge in [-0.25, -0.2) is 0 Å². The molecule has 0 saturated heterocycles. The van der Waals surface area contributed by atoms with Crippen molar-refractivity contribution in [2.24, 2.45) is 0 Å². The summed E-state index contributed by atoms with van der Waals surface area (Å²) in [4.78, 5) is 22.1. The van der Waals surface area contributed by atoms with Crippen molar-refractivity contribution in [3.05, 3.63) is 0 Å². The Morgan fingerprint density at radius 3 is 2.32 bits per heavy atom. The molecule has 0 fully saturated rings. The molecule has 2 atom stereocenters. The number of carbonyl (C=O) groups is 2. The van der Waals surface area contributed by atoms with Gasteiger partial charge in [0.2, 0.25) is 0 Å². The summed E-state index contributed by atoms with van der Waals surface area (Å²) in [6.45, 7) is 3.88. The zero-order valence-electron chi connectivity index (χ0n) is 11.9. The first-order chi connectivity index (χ1) is 8.99. The van der Waals surface area contributed by atoms with Crippen molar-refractivity contribution >= 4 is 11.9 Å². The van der Waals surface area contributed by atoms with Crippen LogP contribution in [0.5, 0.6) is 0 Å². The second kappa shape index (κ2) is 10.8. The van der Waals surface area contributed by atoms with Gasteiger partial charge in [0, 0.05) is 0 Å². The first kappa shape index (κ1) is 17.9. The monoisotopic (exact) mass is 274 g/mol. The lowest BCUT2D eigenvalue weighted by atomic mass is 10.1. The van der Waals surface area contributed by atoms with Gasteiger partial charge >= 0.3 is 11.9 Å². The molecule has 0 spiro atoms. The predicted octanol–water partition coefficient (Wildman–Crippen LogP) is 2.50. The van der Waals surface area contributed by atoms with Gasteiger partial charge in [-0.15, -0.1) is 0 Å². The number of esters is 1. The Morgan fingerprint density at radius 1 is 1.11 bits per heavy atom. The molecule has 0 saturated carbocycles. The molecule has 0 aromatic carbocycles. The number of carbonyl (C=O) groups excluding carboxylic acids is 1. The van der Waals surface area contributed by atoms with E-state index in [0.29, 0.717) is 12.8 Å². The SMILES string of the molecule is CCCCCCC(O)CC(=O)OC(CC)CC(=O)O. The average Bonchev–Trinajstić information content (AvgIpc) is 2.33. The van der Waals surface area contributed by atoms with Crippen molar-refractivity contribution in [1.82, 2.24) is 0 Å². The first-order valence-corrected chi connectivity index (χ1v) is 7.08. The van der Waals surface area contributed by atoms with Crippen LogP contribution in [-0.2, 0) is 14.3 Å². The van der Waals surface area contributed by atoms with E-state index in [1.165, 1.54) is 0 Å². The van der Waals surface area contributed by atoms with Crippen LogP contribution in [-0.4, -0.2) is 34.4 Å². The molecule has 0 aliphatic carbocycles. The van der Waals surface area contributed by atoms with E-state index in [9.17, 15) is 14.7 Å². The van der Waals surface area contributed by atoms with Gasteiger partial charge in [0.15, 0.2) is 0 Å². The van der Waals surface area contributed by atoms with Crippen molar-refractivity contribution in [2.75, 3.05) is 0 Å². The number of aliphatic carboxylic acids is 1. The van der Waals surface area contributed by atoms with Crippen molar-refractivity contribution in [3.63, 3.8) is 0 Å². The fraction of sp³-hybridized carbons (Fsp3) is 0.857. The van der Waals surface area contributed by atoms with Crippen LogP contribution in [0.1, 0.15) is 65.2 Å². The smallest absolute Gasteiger partial charge is 0.308 e. The van der Waals surface area contributed by atoms with Crippen LogP contribution in [0, 0.1) is 0 Å².